The standard InChI is InChI=1S/C40H32/c1-2-6-26-19-31-13-15-35-23-28(24-36-16-14-32(20-26)38(31)40(35)36)8-4-3-7-27-21-33-11-9-29-17-25(5-1)18-30-10-12-34(22-27)39(33)37(29)30/h9-24H,1-8H2. The summed E-state index contributed by atoms with van der Waals surface area (Å²) in [6.45, 7) is 0. The van der Waals surface area contributed by atoms with E-state index < -0.39 is 0 Å². The van der Waals surface area contributed by atoms with Gasteiger partial charge in [-0.2, -0.15) is 0 Å². The Bertz CT molecular complexity index is 1760. The molecule has 0 heterocycles. The molecule has 0 fully saturated rings. The second kappa shape index (κ2) is 8.67. The topological polar surface area (TPSA) is 0 Å². The van der Waals surface area contributed by atoms with E-state index in [1.54, 1.807) is 0 Å². The SMILES string of the molecule is c1cc2cc3cc4ccc5cc(cc1c5c24)CCCCc1cc2ccc4cc(cc5ccc(c1)c2c45)CCCC3. The number of benzene rings is 8. The van der Waals surface area contributed by atoms with Gasteiger partial charge in [-0.15, -0.1) is 0 Å². The lowest BCUT2D eigenvalue weighted by Gasteiger charge is -2.15. The molecule has 0 amide bonds. The molecule has 0 unspecified atom stereocenters. The first-order valence-electron chi connectivity index (χ1n) is 15.2. The largest absolute Gasteiger partial charge is 0.0537 e. The van der Waals surface area contributed by atoms with Gasteiger partial charge in [0, 0.05) is 0 Å². The monoisotopic (exact) mass is 512 g/mol. The lowest BCUT2D eigenvalue weighted by atomic mass is 9.89. The van der Waals surface area contributed by atoms with Crippen LogP contribution in [-0.2, 0) is 25.7 Å². The van der Waals surface area contributed by atoms with Crippen molar-refractivity contribution in [2.75, 3.05) is 0 Å². The maximum absolute atomic E-state index is 2.45. The minimum atomic E-state index is 1.14. The van der Waals surface area contributed by atoms with Crippen molar-refractivity contribution in [1.82, 2.24) is 0 Å². The minimum absolute atomic E-state index is 1.14. The van der Waals surface area contributed by atoms with Crippen molar-refractivity contribution in [1.29, 1.82) is 0 Å². The van der Waals surface area contributed by atoms with Crippen molar-refractivity contribution >= 4 is 64.6 Å². The van der Waals surface area contributed by atoms with Crippen molar-refractivity contribution in [2.24, 2.45) is 0 Å². The first kappa shape index (κ1) is 22.6. The molecule has 0 nitrogen and oxygen atoms in total. The van der Waals surface area contributed by atoms with Gasteiger partial charge in [0.15, 0.2) is 0 Å². The Balaban J connectivity index is 1.16. The highest BCUT2D eigenvalue weighted by atomic mass is 14.2. The number of hydrogen-bond acceptors (Lipinski definition) is 0. The van der Waals surface area contributed by atoms with Crippen molar-refractivity contribution in [2.45, 2.75) is 51.4 Å². The number of hydrogen-bond donors (Lipinski definition) is 0. The molecule has 0 aromatic heterocycles. The Kier molecular flexibility index (Phi) is 4.91. The molecule has 0 spiro atoms. The first-order valence-corrected chi connectivity index (χ1v) is 15.2. The molecule has 0 saturated heterocycles. The lowest BCUT2D eigenvalue weighted by Crippen LogP contribution is -1.94. The molecule has 8 aromatic rings. The molecular formula is C40H32. The molecule has 0 heteroatoms. The molecule has 11 aliphatic carbocycles. The third kappa shape index (κ3) is 3.52. The summed E-state index contributed by atoms with van der Waals surface area (Å²) in [5.74, 6) is 0. The van der Waals surface area contributed by atoms with Crippen LogP contribution in [-0.4, -0.2) is 0 Å². The highest BCUT2D eigenvalue weighted by Gasteiger charge is 2.13. The van der Waals surface area contributed by atoms with Gasteiger partial charge in [-0.3, -0.25) is 0 Å². The van der Waals surface area contributed by atoms with Crippen LogP contribution < -0.4 is 0 Å². The van der Waals surface area contributed by atoms with Crippen molar-refractivity contribution in [3.8, 4) is 0 Å². The average molecular weight is 513 g/mol. The predicted molar refractivity (Wildman–Crippen MR) is 174 cm³/mol. The second-order valence-electron chi connectivity index (χ2n) is 12.3. The molecule has 0 atom stereocenters. The zero-order chi connectivity index (χ0) is 26.2. The van der Waals surface area contributed by atoms with Gasteiger partial charge < -0.3 is 0 Å². The fourth-order valence-corrected chi connectivity index (χ4v) is 7.83. The summed E-state index contributed by atoms with van der Waals surface area (Å²) < 4.78 is 0. The molecule has 16 bridgehead atoms. The van der Waals surface area contributed by atoms with Crippen molar-refractivity contribution < 1.29 is 0 Å². The van der Waals surface area contributed by atoms with E-state index in [0.29, 0.717) is 0 Å². The molecule has 11 aliphatic rings. The summed E-state index contributed by atoms with van der Waals surface area (Å²) in [5, 5.41) is 16.9. The molecule has 0 aliphatic heterocycles. The summed E-state index contributed by atoms with van der Waals surface area (Å²) in [6, 6.07) is 38.5. The van der Waals surface area contributed by atoms with Gasteiger partial charge in [0.25, 0.3) is 0 Å². The zero-order valence-electron chi connectivity index (χ0n) is 22.9. The van der Waals surface area contributed by atoms with Gasteiger partial charge in [0.1, 0.15) is 0 Å². The second-order valence-corrected chi connectivity index (χ2v) is 12.3. The Morgan fingerprint density at radius 1 is 0.250 bits per heavy atom. The molecule has 19 rings (SSSR count). The highest BCUT2D eigenvalue weighted by Crippen LogP contribution is 2.38. The van der Waals surface area contributed by atoms with Crippen LogP contribution in [0.5, 0.6) is 0 Å². The molecule has 0 saturated carbocycles. The highest BCUT2D eigenvalue weighted by molar-refractivity contribution is 6.24. The Morgan fingerprint density at radius 3 is 0.600 bits per heavy atom. The van der Waals surface area contributed by atoms with Crippen LogP contribution in [0.1, 0.15) is 47.9 Å². The summed E-state index contributed by atoms with van der Waals surface area (Å²) in [7, 11) is 0. The third-order valence-corrected chi connectivity index (χ3v) is 9.67. The molecular weight excluding hydrogens is 480 g/mol. The van der Waals surface area contributed by atoms with Crippen LogP contribution in [0.2, 0.25) is 0 Å². The summed E-state index contributed by atoms with van der Waals surface area (Å²) in [5.41, 5.74) is 5.87. The third-order valence-electron chi connectivity index (χ3n) is 9.67. The Hall–Kier alpha value is -4.16. The average Bonchev–Trinajstić information content (AvgIpc) is 2.98. The van der Waals surface area contributed by atoms with Crippen LogP contribution in [0.4, 0.5) is 0 Å². The molecule has 192 valence electrons. The van der Waals surface area contributed by atoms with E-state index in [1.165, 1.54) is 113 Å². The van der Waals surface area contributed by atoms with Gasteiger partial charge in [0.05, 0.1) is 0 Å². The van der Waals surface area contributed by atoms with E-state index in [0.717, 1.165) is 25.7 Å². The maximum Gasteiger partial charge on any atom is -0.00266 e. The van der Waals surface area contributed by atoms with Crippen molar-refractivity contribution in [3.05, 3.63) is 119 Å². The molecule has 0 radical (unpaired) electrons. The van der Waals surface area contributed by atoms with Gasteiger partial charge in [-0.25, -0.2) is 0 Å². The predicted octanol–water partition coefficient (Wildman–Crippen LogP) is 10.9. The van der Waals surface area contributed by atoms with Gasteiger partial charge in [-0.1, -0.05) is 97.1 Å². The van der Waals surface area contributed by atoms with Gasteiger partial charge in [-0.05, 0) is 138 Å². The maximum atomic E-state index is 2.45. The number of aryl methyl sites for hydroxylation is 4. The summed E-state index contributed by atoms with van der Waals surface area (Å²) >= 11 is 0. The minimum Gasteiger partial charge on any atom is -0.0537 e. The van der Waals surface area contributed by atoms with E-state index >= 15 is 0 Å². The lowest BCUT2D eigenvalue weighted by molar-refractivity contribution is 0.735. The normalized spacial score (nSPS) is 15.2. The van der Waals surface area contributed by atoms with Crippen LogP contribution >= 0.6 is 0 Å². The first-order chi connectivity index (χ1) is 19.8. The van der Waals surface area contributed by atoms with Crippen LogP contribution in [0.15, 0.2) is 97.1 Å². The molecule has 0 N–H and O–H groups in total. The fraction of sp³-hybridized carbons (Fsp3) is 0.200. The summed E-state index contributed by atoms with van der Waals surface area (Å²) in [4.78, 5) is 0. The van der Waals surface area contributed by atoms with Crippen LogP contribution in [0.25, 0.3) is 64.6 Å². The number of rotatable bonds is 0. The van der Waals surface area contributed by atoms with E-state index in [-0.39, 0.29) is 0 Å². The Morgan fingerprint density at radius 2 is 0.425 bits per heavy atom. The van der Waals surface area contributed by atoms with E-state index in [2.05, 4.69) is 97.1 Å². The quantitative estimate of drug-likeness (QED) is 0.177. The van der Waals surface area contributed by atoms with Crippen LogP contribution in [0.3, 0.4) is 0 Å². The van der Waals surface area contributed by atoms with E-state index in [1.807, 2.05) is 0 Å². The Labute approximate surface area is 234 Å². The van der Waals surface area contributed by atoms with Crippen LogP contribution in [0, 0.1) is 0 Å². The smallest absolute Gasteiger partial charge is 0.00266 e. The van der Waals surface area contributed by atoms with Gasteiger partial charge in [0.2, 0.25) is 0 Å². The summed E-state index contributed by atoms with van der Waals surface area (Å²) in [6.07, 6.45) is 9.40. The molecule has 40 heavy (non-hydrogen) atoms. The molecule has 8 aromatic carbocycles. The zero-order valence-corrected chi connectivity index (χ0v) is 22.9. The fourth-order valence-electron chi connectivity index (χ4n) is 7.83. The van der Waals surface area contributed by atoms with Crippen molar-refractivity contribution in [3.63, 3.8) is 0 Å². The van der Waals surface area contributed by atoms with E-state index in [4.69, 9.17) is 0 Å². The van der Waals surface area contributed by atoms with Gasteiger partial charge >= 0.3 is 0 Å². The van der Waals surface area contributed by atoms with E-state index in [9.17, 15) is 0 Å².